The van der Waals surface area contributed by atoms with Gasteiger partial charge in [-0.15, -0.1) is 0 Å². The fourth-order valence-electron chi connectivity index (χ4n) is 1.44. The Hall–Kier alpha value is -1.49. The Kier molecular flexibility index (Phi) is 5.71. The fraction of sp³-hybridized carbons (Fsp3) is 0.462. The van der Waals surface area contributed by atoms with Crippen LogP contribution in [0.4, 0.5) is 8.78 Å². The van der Waals surface area contributed by atoms with E-state index in [2.05, 4.69) is 10.6 Å². The number of carbonyl (C=O) groups excluding carboxylic acids is 1. The molecule has 2 N–H and O–H groups in total. The molecular formula is C13H18F2N2O. The van der Waals surface area contributed by atoms with Gasteiger partial charge in [0.1, 0.15) is 11.6 Å². The molecule has 0 aromatic heterocycles. The van der Waals surface area contributed by atoms with E-state index in [0.717, 1.165) is 18.2 Å². The van der Waals surface area contributed by atoms with E-state index >= 15 is 0 Å². The Balaban J connectivity index is 2.40. The van der Waals surface area contributed by atoms with Gasteiger partial charge in [0, 0.05) is 19.0 Å². The van der Waals surface area contributed by atoms with Crippen molar-refractivity contribution in [1.29, 1.82) is 0 Å². The summed E-state index contributed by atoms with van der Waals surface area (Å²) in [4.78, 5) is 11.5. The van der Waals surface area contributed by atoms with Crippen molar-refractivity contribution in [1.82, 2.24) is 10.6 Å². The molecule has 0 aliphatic heterocycles. The van der Waals surface area contributed by atoms with Crippen molar-refractivity contribution < 1.29 is 13.6 Å². The standard InChI is InChI=1S/C13H18F2N2O/c1-9(16-2)8-17-13(18)6-3-10-7-11(14)4-5-12(10)15/h4-5,7,9,16H,3,6,8H2,1-2H3,(H,17,18). The van der Waals surface area contributed by atoms with Crippen LogP contribution in [0.1, 0.15) is 18.9 Å². The number of benzene rings is 1. The largest absolute Gasteiger partial charge is 0.355 e. The van der Waals surface area contributed by atoms with Gasteiger partial charge in [0.2, 0.25) is 5.91 Å². The van der Waals surface area contributed by atoms with E-state index in [1.54, 1.807) is 7.05 Å². The first-order chi connectivity index (χ1) is 8.52. The number of rotatable bonds is 6. The van der Waals surface area contributed by atoms with Gasteiger partial charge < -0.3 is 10.6 Å². The second-order valence-corrected chi connectivity index (χ2v) is 4.23. The van der Waals surface area contributed by atoms with Gasteiger partial charge in [0.15, 0.2) is 0 Å². The van der Waals surface area contributed by atoms with Crippen LogP contribution in [-0.2, 0) is 11.2 Å². The molecule has 1 aromatic rings. The highest BCUT2D eigenvalue weighted by Gasteiger charge is 2.08. The smallest absolute Gasteiger partial charge is 0.220 e. The predicted molar refractivity (Wildman–Crippen MR) is 66.2 cm³/mol. The van der Waals surface area contributed by atoms with Gasteiger partial charge in [0.05, 0.1) is 0 Å². The van der Waals surface area contributed by atoms with Crippen molar-refractivity contribution in [2.75, 3.05) is 13.6 Å². The van der Waals surface area contributed by atoms with E-state index in [4.69, 9.17) is 0 Å². The van der Waals surface area contributed by atoms with Gasteiger partial charge in [0.25, 0.3) is 0 Å². The van der Waals surface area contributed by atoms with Crippen LogP contribution in [-0.4, -0.2) is 25.5 Å². The molecule has 1 atom stereocenters. The maximum absolute atomic E-state index is 13.3. The van der Waals surface area contributed by atoms with Crippen molar-refractivity contribution in [3.05, 3.63) is 35.4 Å². The first kappa shape index (κ1) is 14.6. The Bertz CT molecular complexity index is 410. The lowest BCUT2D eigenvalue weighted by atomic mass is 10.1. The Morgan fingerprint density at radius 1 is 1.39 bits per heavy atom. The summed E-state index contributed by atoms with van der Waals surface area (Å²) in [6.07, 6.45) is 0.347. The molecule has 0 aliphatic rings. The van der Waals surface area contributed by atoms with E-state index < -0.39 is 11.6 Å². The first-order valence-corrected chi connectivity index (χ1v) is 5.91. The minimum Gasteiger partial charge on any atom is -0.355 e. The molecule has 1 unspecified atom stereocenters. The van der Waals surface area contributed by atoms with Crippen LogP contribution in [0.25, 0.3) is 0 Å². The van der Waals surface area contributed by atoms with E-state index in [0.29, 0.717) is 6.54 Å². The predicted octanol–water partition coefficient (Wildman–Crippen LogP) is 1.62. The highest BCUT2D eigenvalue weighted by Crippen LogP contribution is 2.11. The second kappa shape index (κ2) is 7.06. The number of likely N-dealkylation sites (N-methyl/N-ethyl adjacent to an activating group) is 1. The average Bonchev–Trinajstić information content (AvgIpc) is 2.36. The van der Waals surface area contributed by atoms with Crippen LogP contribution in [0.3, 0.4) is 0 Å². The van der Waals surface area contributed by atoms with Crippen molar-refractivity contribution >= 4 is 5.91 Å². The Labute approximate surface area is 106 Å². The molecule has 5 heteroatoms. The number of hydrogen-bond acceptors (Lipinski definition) is 2. The fourth-order valence-corrected chi connectivity index (χ4v) is 1.44. The number of carbonyl (C=O) groups is 1. The molecule has 0 saturated carbocycles. The topological polar surface area (TPSA) is 41.1 Å². The molecule has 1 rings (SSSR count). The van der Waals surface area contributed by atoms with Crippen molar-refractivity contribution in [3.8, 4) is 0 Å². The van der Waals surface area contributed by atoms with Crippen LogP contribution in [0.5, 0.6) is 0 Å². The summed E-state index contributed by atoms with van der Waals surface area (Å²) >= 11 is 0. The molecule has 18 heavy (non-hydrogen) atoms. The summed E-state index contributed by atoms with van der Waals surface area (Å²) in [5, 5.41) is 5.71. The van der Waals surface area contributed by atoms with E-state index in [1.165, 1.54) is 0 Å². The molecule has 0 fully saturated rings. The SMILES string of the molecule is CNC(C)CNC(=O)CCc1cc(F)ccc1F. The summed E-state index contributed by atoms with van der Waals surface area (Å²) in [7, 11) is 1.80. The lowest BCUT2D eigenvalue weighted by Crippen LogP contribution is -2.37. The molecule has 0 bridgehead atoms. The second-order valence-electron chi connectivity index (χ2n) is 4.23. The number of aryl methyl sites for hydroxylation is 1. The monoisotopic (exact) mass is 256 g/mol. The van der Waals surface area contributed by atoms with Gasteiger partial charge in [-0.25, -0.2) is 8.78 Å². The summed E-state index contributed by atoms with van der Waals surface area (Å²) in [5.74, 6) is -1.14. The third-order valence-corrected chi connectivity index (χ3v) is 2.73. The summed E-state index contributed by atoms with van der Waals surface area (Å²) in [6.45, 7) is 2.45. The zero-order chi connectivity index (χ0) is 13.5. The molecule has 0 radical (unpaired) electrons. The van der Waals surface area contributed by atoms with Gasteiger partial charge in [-0.2, -0.15) is 0 Å². The number of halogens is 2. The zero-order valence-corrected chi connectivity index (χ0v) is 10.6. The molecule has 1 amide bonds. The molecule has 1 aromatic carbocycles. The lowest BCUT2D eigenvalue weighted by molar-refractivity contribution is -0.121. The maximum Gasteiger partial charge on any atom is 0.220 e. The summed E-state index contributed by atoms with van der Waals surface area (Å²) < 4.78 is 26.2. The highest BCUT2D eigenvalue weighted by molar-refractivity contribution is 5.76. The maximum atomic E-state index is 13.3. The lowest BCUT2D eigenvalue weighted by Gasteiger charge is -2.11. The molecule has 0 heterocycles. The van der Waals surface area contributed by atoms with Crippen LogP contribution in [0, 0.1) is 11.6 Å². The first-order valence-electron chi connectivity index (χ1n) is 5.91. The number of hydrogen-bond donors (Lipinski definition) is 2. The Morgan fingerprint density at radius 2 is 2.11 bits per heavy atom. The molecule has 0 aliphatic carbocycles. The van der Waals surface area contributed by atoms with Gasteiger partial charge >= 0.3 is 0 Å². The third kappa shape index (κ3) is 4.79. The average molecular weight is 256 g/mol. The molecule has 100 valence electrons. The summed E-state index contributed by atoms with van der Waals surface area (Å²) in [5.41, 5.74) is 0.229. The van der Waals surface area contributed by atoms with E-state index in [9.17, 15) is 13.6 Å². The molecule has 3 nitrogen and oxygen atoms in total. The number of amides is 1. The minimum absolute atomic E-state index is 0.150. The molecule has 0 saturated heterocycles. The van der Waals surface area contributed by atoms with Gasteiger partial charge in [-0.1, -0.05) is 0 Å². The highest BCUT2D eigenvalue weighted by atomic mass is 19.1. The van der Waals surface area contributed by atoms with Gasteiger partial charge in [-0.05, 0) is 44.2 Å². The van der Waals surface area contributed by atoms with Crippen LogP contribution < -0.4 is 10.6 Å². The normalized spacial score (nSPS) is 12.2. The van der Waals surface area contributed by atoms with Crippen LogP contribution in [0.15, 0.2) is 18.2 Å². The van der Waals surface area contributed by atoms with Crippen molar-refractivity contribution in [2.45, 2.75) is 25.8 Å². The molecular weight excluding hydrogens is 238 g/mol. The van der Waals surface area contributed by atoms with Crippen molar-refractivity contribution in [2.24, 2.45) is 0 Å². The number of nitrogens with one attached hydrogen (secondary N) is 2. The quantitative estimate of drug-likeness (QED) is 0.812. The van der Waals surface area contributed by atoms with Gasteiger partial charge in [-0.3, -0.25) is 4.79 Å². The third-order valence-electron chi connectivity index (χ3n) is 2.73. The van der Waals surface area contributed by atoms with Crippen molar-refractivity contribution in [3.63, 3.8) is 0 Å². The van der Waals surface area contributed by atoms with E-state index in [1.807, 2.05) is 6.92 Å². The van der Waals surface area contributed by atoms with Crippen LogP contribution >= 0.6 is 0 Å². The minimum atomic E-state index is -0.490. The van der Waals surface area contributed by atoms with E-state index in [-0.39, 0.29) is 30.4 Å². The zero-order valence-electron chi connectivity index (χ0n) is 10.6. The molecule has 0 spiro atoms. The van der Waals surface area contributed by atoms with Crippen LogP contribution in [0.2, 0.25) is 0 Å². The Morgan fingerprint density at radius 3 is 2.78 bits per heavy atom. The summed E-state index contributed by atoms with van der Waals surface area (Å²) in [6, 6.07) is 3.44.